The van der Waals surface area contributed by atoms with Crippen LogP contribution in [0.25, 0.3) is 11.4 Å². The quantitative estimate of drug-likeness (QED) is 0.886. The van der Waals surface area contributed by atoms with Gasteiger partial charge in [-0.3, -0.25) is 0 Å². The summed E-state index contributed by atoms with van der Waals surface area (Å²) in [5.41, 5.74) is 2.27. The SMILES string of the molecule is CNCc1ccc(Cl)cc1-c1nccn1C. The van der Waals surface area contributed by atoms with E-state index in [1.807, 2.05) is 43.1 Å². The van der Waals surface area contributed by atoms with Gasteiger partial charge in [-0.25, -0.2) is 4.98 Å². The highest BCUT2D eigenvalue weighted by atomic mass is 35.5. The van der Waals surface area contributed by atoms with Crippen molar-refractivity contribution in [3.05, 3.63) is 41.2 Å². The molecule has 0 fully saturated rings. The molecule has 0 saturated carbocycles. The zero-order chi connectivity index (χ0) is 11.5. The van der Waals surface area contributed by atoms with Gasteiger partial charge < -0.3 is 9.88 Å². The maximum atomic E-state index is 6.03. The number of hydrogen-bond donors (Lipinski definition) is 1. The van der Waals surface area contributed by atoms with Crippen LogP contribution in [0.3, 0.4) is 0 Å². The van der Waals surface area contributed by atoms with Gasteiger partial charge in [0.2, 0.25) is 0 Å². The number of benzene rings is 1. The largest absolute Gasteiger partial charge is 0.334 e. The first kappa shape index (κ1) is 11.2. The monoisotopic (exact) mass is 235 g/mol. The summed E-state index contributed by atoms with van der Waals surface area (Å²) in [5.74, 6) is 0.938. The number of nitrogens with zero attached hydrogens (tertiary/aromatic N) is 2. The van der Waals surface area contributed by atoms with Crippen molar-refractivity contribution in [2.45, 2.75) is 6.54 Å². The Morgan fingerprint density at radius 3 is 2.88 bits per heavy atom. The number of aryl methyl sites for hydroxylation is 1. The summed E-state index contributed by atoms with van der Waals surface area (Å²) in [6, 6.07) is 5.89. The molecule has 0 spiro atoms. The second kappa shape index (κ2) is 4.68. The van der Waals surface area contributed by atoms with Crippen LogP contribution in [0.2, 0.25) is 5.02 Å². The van der Waals surface area contributed by atoms with E-state index in [2.05, 4.69) is 10.3 Å². The van der Waals surface area contributed by atoms with Gasteiger partial charge in [-0.05, 0) is 24.7 Å². The van der Waals surface area contributed by atoms with Crippen LogP contribution in [0.5, 0.6) is 0 Å². The van der Waals surface area contributed by atoms with Crippen molar-refractivity contribution < 1.29 is 0 Å². The van der Waals surface area contributed by atoms with E-state index < -0.39 is 0 Å². The second-order valence-electron chi connectivity index (χ2n) is 3.69. The molecule has 0 aliphatic carbocycles. The Balaban J connectivity index is 2.53. The molecule has 0 bridgehead atoms. The van der Waals surface area contributed by atoms with Crippen molar-refractivity contribution in [3.63, 3.8) is 0 Å². The first-order valence-corrected chi connectivity index (χ1v) is 5.51. The average Bonchev–Trinajstić information content (AvgIpc) is 2.67. The van der Waals surface area contributed by atoms with E-state index in [4.69, 9.17) is 11.6 Å². The van der Waals surface area contributed by atoms with Gasteiger partial charge in [0.05, 0.1) is 0 Å². The summed E-state index contributed by atoms with van der Waals surface area (Å²) in [6.07, 6.45) is 3.72. The molecule has 0 aliphatic heterocycles. The predicted molar refractivity (Wildman–Crippen MR) is 66.4 cm³/mol. The normalized spacial score (nSPS) is 10.7. The van der Waals surface area contributed by atoms with E-state index in [9.17, 15) is 0 Å². The van der Waals surface area contributed by atoms with Crippen LogP contribution in [-0.2, 0) is 13.6 Å². The Bertz CT molecular complexity index is 491. The lowest BCUT2D eigenvalue weighted by Crippen LogP contribution is -2.07. The van der Waals surface area contributed by atoms with E-state index in [1.165, 1.54) is 5.56 Å². The summed E-state index contributed by atoms with van der Waals surface area (Å²) in [6.45, 7) is 0.805. The first-order valence-electron chi connectivity index (χ1n) is 5.13. The highest BCUT2D eigenvalue weighted by Gasteiger charge is 2.09. The van der Waals surface area contributed by atoms with Gasteiger partial charge in [0, 0.05) is 36.6 Å². The minimum absolute atomic E-state index is 0.734. The molecule has 1 heterocycles. The molecule has 4 heteroatoms. The third-order valence-electron chi connectivity index (χ3n) is 2.50. The zero-order valence-corrected chi connectivity index (χ0v) is 10.1. The van der Waals surface area contributed by atoms with Gasteiger partial charge in [0.15, 0.2) is 0 Å². The summed E-state index contributed by atoms with van der Waals surface area (Å²) in [4.78, 5) is 4.35. The Morgan fingerprint density at radius 2 is 2.25 bits per heavy atom. The van der Waals surface area contributed by atoms with Crippen molar-refractivity contribution >= 4 is 11.6 Å². The van der Waals surface area contributed by atoms with Gasteiger partial charge in [-0.2, -0.15) is 0 Å². The van der Waals surface area contributed by atoms with Crippen LogP contribution in [0.4, 0.5) is 0 Å². The number of imidazole rings is 1. The van der Waals surface area contributed by atoms with Crippen LogP contribution < -0.4 is 5.32 Å². The summed E-state index contributed by atoms with van der Waals surface area (Å²) in [5, 5.41) is 3.88. The second-order valence-corrected chi connectivity index (χ2v) is 4.13. The molecular formula is C12H14ClN3. The van der Waals surface area contributed by atoms with E-state index in [-0.39, 0.29) is 0 Å². The van der Waals surface area contributed by atoms with Crippen LogP contribution >= 0.6 is 11.6 Å². The van der Waals surface area contributed by atoms with E-state index in [0.29, 0.717) is 0 Å². The van der Waals surface area contributed by atoms with E-state index in [1.54, 1.807) is 6.20 Å². The fourth-order valence-corrected chi connectivity index (χ4v) is 1.90. The van der Waals surface area contributed by atoms with Crippen LogP contribution in [-0.4, -0.2) is 16.6 Å². The molecular weight excluding hydrogens is 222 g/mol. The highest BCUT2D eigenvalue weighted by Crippen LogP contribution is 2.25. The standard InChI is InChI=1S/C12H14ClN3/c1-14-8-9-3-4-10(13)7-11(9)12-15-5-6-16(12)2/h3-7,14H,8H2,1-2H3. The van der Waals surface area contributed by atoms with Gasteiger partial charge in [-0.1, -0.05) is 17.7 Å². The number of halogens is 1. The molecule has 84 valence electrons. The van der Waals surface area contributed by atoms with Crippen molar-refractivity contribution in [1.29, 1.82) is 0 Å². The number of aromatic nitrogens is 2. The molecule has 0 atom stereocenters. The van der Waals surface area contributed by atoms with Crippen molar-refractivity contribution in [2.75, 3.05) is 7.05 Å². The van der Waals surface area contributed by atoms with Gasteiger partial charge in [0.25, 0.3) is 0 Å². The fraction of sp³-hybridized carbons (Fsp3) is 0.250. The smallest absolute Gasteiger partial charge is 0.139 e. The molecule has 0 radical (unpaired) electrons. The van der Waals surface area contributed by atoms with Crippen LogP contribution in [0.15, 0.2) is 30.6 Å². The lowest BCUT2D eigenvalue weighted by Gasteiger charge is -2.09. The lowest BCUT2D eigenvalue weighted by molar-refractivity contribution is 0.815. The average molecular weight is 236 g/mol. The van der Waals surface area contributed by atoms with Gasteiger partial charge in [-0.15, -0.1) is 0 Å². The highest BCUT2D eigenvalue weighted by molar-refractivity contribution is 6.30. The topological polar surface area (TPSA) is 29.9 Å². The Morgan fingerprint density at radius 1 is 1.44 bits per heavy atom. The first-order chi connectivity index (χ1) is 7.72. The van der Waals surface area contributed by atoms with E-state index in [0.717, 1.165) is 23.0 Å². The molecule has 1 aromatic carbocycles. The molecule has 0 unspecified atom stereocenters. The molecule has 16 heavy (non-hydrogen) atoms. The van der Waals surface area contributed by atoms with E-state index >= 15 is 0 Å². The third-order valence-corrected chi connectivity index (χ3v) is 2.74. The summed E-state index contributed by atoms with van der Waals surface area (Å²) in [7, 11) is 3.91. The molecule has 0 saturated heterocycles. The number of hydrogen-bond acceptors (Lipinski definition) is 2. The van der Waals surface area contributed by atoms with Crippen LogP contribution in [0.1, 0.15) is 5.56 Å². The van der Waals surface area contributed by atoms with Crippen molar-refractivity contribution in [3.8, 4) is 11.4 Å². The maximum absolute atomic E-state index is 6.03. The zero-order valence-electron chi connectivity index (χ0n) is 9.37. The Labute approximate surface area is 100 Å². The molecule has 0 aliphatic rings. The molecule has 2 rings (SSSR count). The Kier molecular flexibility index (Phi) is 3.27. The summed E-state index contributed by atoms with van der Waals surface area (Å²) < 4.78 is 1.99. The molecule has 0 amide bonds. The lowest BCUT2D eigenvalue weighted by atomic mass is 10.1. The van der Waals surface area contributed by atoms with Crippen molar-refractivity contribution in [1.82, 2.24) is 14.9 Å². The van der Waals surface area contributed by atoms with Crippen LogP contribution in [0, 0.1) is 0 Å². The minimum Gasteiger partial charge on any atom is -0.334 e. The van der Waals surface area contributed by atoms with Gasteiger partial charge >= 0.3 is 0 Å². The molecule has 2 aromatic rings. The minimum atomic E-state index is 0.734. The summed E-state index contributed by atoms with van der Waals surface area (Å²) >= 11 is 6.03. The maximum Gasteiger partial charge on any atom is 0.139 e. The number of nitrogens with one attached hydrogen (secondary N) is 1. The predicted octanol–water partition coefficient (Wildman–Crippen LogP) is 2.46. The number of rotatable bonds is 3. The van der Waals surface area contributed by atoms with Crippen molar-refractivity contribution in [2.24, 2.45) is 7.05 Å². The molecule has 3 nitrogen and oxygen atoms in total. The molecule has 1 aromatic heterocycles. The third kappa shape index (κ3) is 2.10. The molecule has 1 N–H and O–H groups in total. The Hall–Kier alpha value is -1.32. The fourth-order valence-electron chi connectivity index (χ4n) is 1.73. The van der Waals surface area contributed by atoms with Gasteiger partial charge in [0.1, 0.15) is 5.82 Å².